The summed E-state index contributed by atoms with van der Waals surface area (Å²) in [6, 6.07) is 6.95. The van der Waals surface area contributed by atoms with Gasteiger partial charge in [0.05, 0.1) is 12.1 Å². The lowest BCUT2D eigenvalue weighted by molar-refractivity contribution is -0.129. The van der Waals surface area contributed by atoms with Gasteiger partial charge < -0.3 is 10.0 Å². The first-order valence-corrected chi connectivity index (χ1v) is 6.11. The van der Waals surface area contributed by atoms with E-state index >= 15 is 0 Å². The molecule has 0 fully saturated rings. The normalized spacial score (nSPS) is 10.5. The van der Waals surface area contributed by atoms with Crippen molar-refractivity contribution in [1.82, 2.24) is 9.80 Å². The van der Waals surface area contributed by atoms with E-state index in [4.69, 9.17) is 5.11 Å². The number of carboxylic acid groups (broad SMARTS) is 1. The Morgan fingerprint density at radius 3 is 2.37 bits per heavy atom. The van der Waals surface area contributed by atoms with Crippen molar-refractivity contribution in [1.29, 1.82) is 0 Å². The molecule has 1 amide bonds. The molecule has 104 valence electrons. The molecule has 5 nitrogen and oxygen atoms in total. The van der Waals surface area contributed by atoms with E-state index in [1.165, 1.54) is 0 Å². The maximum atomic E-state index is 11.5. The lowest BCUT2D eigenvalue weighted by Crippen LogP contribution is -2.35. The molecule has 0 heterocycles. The van der Waals surface area contributed by atoms with E-state index in [1.54, 1.807) is 31.1 Å². The van der Waals surface area contributed by atoms with Crippen molar-refractivity contribution in [2.24, 2.45) is 0 Å². The summed E-state index contributed by atoms with van der Waals surface area (Å²) in [5, 5.41) is 9.07. The highest BCUT2D eigenvalue weighted by atomic mass is 16.4. The predicted octanol–water partition coefficient (Wildman–Crippen LogP) is 0.947. The van der Waals surface area contributed by atoms with Gasteiger partial charge in [-0.15, -0.1) is 0 Å². The monoisotopic (exact) mass is 264 g/mol. The fourth-order valence-corrected chi connectivity index (χ4v) is 1.71. The summed E-state index contributed by atoms with van der Waals surface area (Å²) in [5.74, 6) is -0.878. The fraction of sp³-hybridized carbons (Fsp3) is 0.429. The van der Waals surface area contributed by atoms with Gasteiger partial charge in [-0.3, -0.25) is 9.69 Å². The Balaban J connectivity index is 2.57. The van der Waals surface area contributed by atoms with Crippen molar-refractivity contribution in [3.05, 3.63) is 35.4 Å². The molecule has 0 aliphatic heterocycles. The molecule has 0 radical (unpaired) electrons. The Morgan fingerprint density at radius 2 is 1.79 bits per heavy atom. The number of aromatic carboxylic acids is 1. The summed E-state index contributed by atoms with van der Waals surface area (Å²) in [6.07, 6.45) is 0.611. The van der Waals surface area contributed by atoms with E-state index in [9.17, 15) is 9.59 Å². The van der Waals surface area contributed by atoms with Crippen LogP contribution >= 0.6 is 0 Å². The summed E-state index contributed by atoms with van der Waals surface area (Å²) < 4.78 is 0. The van der Waals surface area contributed by atoms with Gasteiger partial charge in [0.2, 0.25) is 5.91 Å². The number of carbonyl (C=O) groups is 2. The quantitative estimate of drug-likeness (QED) is 0.831. The van der Waals surface area contributed by atoms with Gasteiger partial charge in [-0.1, -0.05) is 18.2 Å². The van der Waals surface area contributed by atoms with E-state index in [0.717, 1.165) is 5.56 Å². The molecule has 1 rings (SSSR count). The van der Waals surface area contributed by atoms with E-state index in [2.05, 4.69) is 0 Å². The van der Waals surface area contributed by atoms with Gasteiger partial charge in [-0.2, -0.15) is 0 Å². The van der Waals surface area contributed by atoms with Crippen LogP contribution in [0.25, 0.3) is 0 Å². The van der Waals surface area contributed by atoms with Crippen LogP contribution in [-0.2, 0) is 11.2 Å². The minimum Gasteiger partial charge on any atom is -0.478 e. The third kappa shape index (κ3) is 4.71. The van der Waals surface area contributed by atoms with Gasteiger partial charge >= 0.3 is 5.97 Å². The van der Waals surface area contributed by atoms with E-state index < -0.39 is 5.97 Å². The largest absolute Gasteiger partial charge is 0.478 e. The lowest BCUT2D eigenvalue weighted by atomic mass is 10.0. The maximum Gasteiger partial charge on any atom is 0.335 e. The molecule has 0 unspecified atom stereocenters. The number of rotatable bonds is 6. The van der Waals surface area contributed by atoms with Crippen LogP contribution in [0.3, 0.4) is 0 Å². The van der Waals surface area contributed by atoms with Crippen LogP contribution in [0, 0.1) is 0 Å². The first-order valence-electron chi connectivity index (χ1n) is 6.11. The van der Waals surface area contributed by atoms with Gasteiger partial charge in [-0.05, 0) is 25.1 Å². The van der Waals surface area contributed by atoms with Gasteiger partial charge in [0, 0.05) is 20.6 Å². The molecule has 0 aliphatic rings. The molecule has 0 saturated carbocycles. The Hall–Kier alpha value is -1.88. The molecule has 0 spiro atoms. The summed E-state index contributed by atoms with van der Waals surface area (Å²) in [5.41, 5.74) is 1.12. The summed E-state index contributed by atoms with van der Waals surface area (Å²) in [4.78, 5) is 26.0. The highest BCUT2D eigenvalue weighted by Crippen LogP contribution is 2.10. The number of amides is 1. The molecule has 0 saturated heterocycles. The summed E-state index contributed by atoms with van der Waals surface area (Å²) >= 11 is 0. The summed E-state index contributed by atoms with van der Waals surface area (Å²) in [6.45, 7) is 0.978. The van der Waals surface area contributed by atoms with Crippen molar-refractivity contribution in [3.8, 4) is 0 Å². The lowest BCUT2D eigenvalue weighted by Gasteiger charge is -2.19. The molecule has 0 aromatic heterocycles. The van der Waals surface area contributed by atoms with Crippen LogP contribution in [0.15, 0.2) is 24.3 Å². The number of nitrogens with zero attached hydrogens (tertiary/aromatic N) is 2. The Labute approximate surface area is 113 Å². The van der Waals surface area contributed by atoms with Gasteiger partial charge in [-0.25, -0.2) is 4.79 Å². The zero-order chi connectivity index (χ0) is 14.4. The molecule has 1 N–H and O–H groups in total. The van der Waals surface area contributed by atoms with E-state index in [-0.39, 0.29) is 5.91 Å². The second-order valence-electron chi connectivity index (χ2n) is 4.74. The van der Waals surface area contributed by atoms with E-state index in [0.29, 0.717) is 25.1 Å². The molecule has 0 aliphatic carbocycles. The van der Waals surface area contributed by atoms with Gasteiger partial charge in [0.25, 0.3) is 0 Å². The average molecular weight is 264 g/mol. The Bertz CT molecular complexity index is 458. The number of hydrogen-bond acceptors (Lipinski definition) is 3. The van der Waals surface area contributed by atoms with Crippen LogP contribution in [0.1, 0.15) is 15.9 Å². The number of likely N-dealkylation sites (N-methyl/N-ethyl adjacent to an activating group) is 2. The second-order valence-corrected chi connectivity index (χ2v) is 4.74. The molecule has 19 heavy (non-hydrogen) atoms. The standard InChI is InChI=1S/C14H20N2O3/c1-15(2)13(17)10-16(3)9-8-11-6-4-5-7-12(11)14(18)19/h4-7H,8-10H2,1-3H3,(H,18,19). The zero-order valence-corrected chi connectivity index (χ0v) is 11.6. The smallest absolute Gasteiger partial charge is 0.335 e. The van der Waals surface area contributed by atoms with Crippen molar-refractivity contribution >= 4 is 11.9 Å². The third-order valence-corrected chi connectivity index (χ3v) is 2.91. The van der Waals surface area contributed by atoms with Crippen LogP contribution in [0.4, 0.5) is 0 Å². The van der Waals surface area contributed by atoms with Crippen LogP contribution in [0.5, 0.6) is 0 Å². The molecule has 0 atom stereocenters. The number of hydrogen-bond donors (Lipinski definition) is 1. The van der Waals surface area contributed by atoms with Gasteiger partial charge in [0.15, 0.2) is 0 Å². The first-order chi connectivity index (χ1) is 8.91. The highest BCUT2D eigenvalue weighted by molar-refractivity contribution is 5.89. The van der Waals surface area contributed by atoms with Crippen molar-refractivity contribution in [2.45, 2.75) is 6.42 Å². The number of carboxylic acids is 1. The third-order valence-electron chi connectivity index (χ3n) is 2.91. The van der Waals surface area contributed by atoms with Crippen LogP contribution in [0.2, 0.25) is 0 Å². The number of carbonyl (C=O) groups excluding carboxylic acids is 1. The summed E-state index contributed by atoms with van der Waals surface area (Å²) in [7, 11) is 5.29. The molecular weight excluding hydrogens is 244 g/mol. The second kappa shape index (κ2) is 6.89. The molecule has 0 bridgehead atoms. The molecule has 5 heteroatoms. The molecule has 1 aromatic carbocycles. The van der Waals surface area contributed by atoms with Crippen molar-refractivity contribution in [3.63, 3.8) is 0 Å². The topological polar surface area (TPSA) is 60.9 Å². The molecule has 1 aromatic rings. The number of benzene rings is 1. The Morgan fingerprint density at radius 1 is 1.16 bits per heavy atom. The Kier molecular flexibility index (Phi) is 5.51. The van der Waals surface area contributed by atoms with Crippen molar-refractivity contribution < 1.29 is 14.7 Å². The maximum absolute atomic E-state index is 11.5. The average Bonchev–Trinajstić information content (AvgIpc) is 2.36. The molecular formula is C14H20N2O3. The zero-order valence-electron chi connectivity index (χ0n) is 11.6. The predicted molar refractivity (Wildman–Crippen MR) is 73.3 cm³/mol. The SMILES string of the molecule is CN(CCc1ccccc1C(=O)O)CC(=O)N(C)C. The van der Waals surface area contributed by atoms with E-state index in [1.807, 2.05) is 24.1 Å². The van der Waals surface area contributed by atoms with Crippen LogP contribution < -0.4 is 0 Å². The van der Waals surface area contributed by atoms with Gasteiger partial charge in [0.1, 0.15) is 0 Å². The fourth-order valence-electron chi connectivity index (χ4n) is 1.71. The van der Waals surface area contributed by atoms with Crippen molar-refractivity contribution in [2.75, 3.05) is 34.2 Å². The first kappa shape index (κ1) is 15.2. The minimum atomic E-state index is -0.914. The highest BCUT2D eigenvalue weighted by Gasteiger charge is 2.11. The van der Waals surface area contributed by atoms with Crippen LogP contribution in [-0.4, -0.2) is 61.0 Å². The minimum absolute atomic E-state index is 0.0361.